The van der Waals surface area contributed by atoms with Gasteiger partial charge in [-0.1, -0.05) is 243 Å². The van der Waals surface area contributed by atoms with E-state index in [1.54, 1.807) is 0 Å². The van der Waals surface area contributed by atoms with Gasteiger partial charge in [0.15, 0.2) is 0 Å². The van der Waals surface area contributed by atoms with Crippen LogP contribution in [-0.4, -0.2) is 17.9 Å². The number of aromatic nitrogens is 4. The van der Waals surface area contributed by atoms with Crippen LogP contribution >= 0.6 is 0 Å². The zero-order chi connectivity index (χ0) is 66.7. The molecule has 6 heterocycles. The van der Waals surface area contributed by atoms with Gasteiger partial charge in [0, 0.05) is 98.6 Å². The standard InChI is InChI=1S/C96H60N6/c1-4-22-61(23-5-1)63-48-52-68(53-49-63)97(70-56-58-85-80(60-70)74-30-12-14-36-81(74)98(85)66-24-6-2-7-25-66)90-59-57-71(96-93(90)79-35-19-33-76-73-29-11-16-38-83(73)102(96)95(76)79)65-46-44-62(45-47-65)64-50-54-69(55-51-64)100(87-41-20-40-86-91(87)77-31-13-17-39-84(77)99(86)67-26-8-3-9-27-67)88-42-21-43-89-92(88)78-34-18-32-75-72-28-10-15-37-82(72)101(89)94(75)78/h1-60H. The number of anilines is 6. The van der Waals surface area contributed by atoms with Crippen LogP contribution in [0.3, 0.4) is 0 Å². The Labute approximate surface area is 586 Å². The lowest BCUT2D eigenvalue weighted by Crippen LogP contribution is -2.11. The van der Waals surface area contributed by atoms with Crippen molar-refractivity contribution in [1.29, 1.82) is 0 Å². The van der Waals surface area contributed by atoms with Crippen LogP contribution in [0.1, 0.15) is 0 Å². The molecule has 0 amide bonds. The summed E-state index contributed by atoms with van der Waals surface area (Å²) in [5.41, 5.74) is 27.7. The molecule has 6 heteroatoms. The Morgan fingerprint density at radius 2 is 0.569 bits per heavy atom. The van der Waals surface area contributed by atoms with Crippen molar-refractivity contribution in [3.8, 4) is 44.8 Å². The van der Waals surface area contributed by atoms with Crippen LogP contribution in [0.4, 0.5) is 34.1 Å². The maximum atomic E-state index is 2.56. The lowest BCUT2D eigenvalue weighted by atomic mass is 9.96. The first-order valence-electron chi connectivity index (χ1n) is 35.2. The fourth-order valence-electron chi connectivity index (χ4n) is 17.5. The lowest BCUT2D eigenvalue weighted by Gasteiger charge is -2.28. The number of benzene rings is 16. The van der Waals surface area contributed by atoms with Crippen LogP contribution in [-0.2, 0) is 0 Å². The highest BCUT2D eigenvalue weighted by molar-refractivity contribution is 6.30. The van der Waals surface area contributed by atoms with Gasteiger partial charge in [-0.25, -0.2) is 0 Å². The van der Waals surface area contributed by atoms with Crippen LogP contribution in [0.25, 0.3) is 165 Å². The number of para-hydroxylation sites is 8. The van der Waals surface area contributed by atoms with Crippen LogP contribution in [0.5, 0.6) is 0 Å². The third-order valence-corrected chi connectivity index (χ3v) is 21.8. The lowest BCUT2D eigenvalue weighted by molar-refractivity contribution is 1.18. The van der Waals surface area contributed by atoms with E-state index in [2.05, 4.69) is 392 Å². The summed E-state index contributed by atoms with van der Waals surface area (Å²) in [5, 5.41) is 14.7. The van der Waals surface area contributed by atoms with E-state index in [-0.39, 0.29) is 0 Å². The van der Waals surface area contributed by atoms with Crippen molar-refractivity contribution in [3.63, 3.8) is 0 Å². The molecule has 0 saturated carbocycles. The van der Waals surface area contributed by atoms with Gasteiger partial charge >= 0.3 is 0 Å². The third kappa shape index (κ3) is 8.11. The molecule has 0 unspecified atom stereocenters. The predicted octanol–water partition coefficient (Wildman–Crippen LogP) is 26.1. The first kappa shape index (κ1) is 56.3. The summed E-state index contributed by atoms with van der Waals surface area (Å²) < 4.78 is 9.87. The molecule has 22 aromatic rings. The predicted molar refractivity (Wildman–Crippen MR) is 430 cm³/mol. The minimum absolute atomic E-state index is 1.07. The van der Waals surface area contributed by atoms with E-state index in [9.17, 15) is 0 Å². The molecule has 0 spiro atoms. The molecule has 474 valence electrons. The Morgan fingerprint density at radius 1 is 0.186 bits per heavy atom. The Morgan fingerprint density at radius 3 is 1.19 bits per heavy atom. The Bertz CT molecular complexity index is 7080. The summed E-state index contributed by atoms with van der Waals surface area (Å²) in [6, 6.07) is 135. The zero-order valence-corrected chi connectivity index (χ0v) is 55.3. The quantitative estimate of drug-likeness (QED) is 0.129. The molecule has 6 aromatic heterocycles. The van der Waals surface area contributed by atoms with E-state index in [1.165, 1.54) is 125 Å². The maximum Gasteiger partial charge on any atom is 0.0641 e. The largest absolute Gasteiger partial charge is 0.310 e. The van der Waals surface area contributed by atoms with Crippen molar-refractivity contribution in [2.45, 2.75) is 0 Å². The Kier molecular flexibility index (Phi) is 12.1. The smallest absolute Gasteiger partial charge is 0.0641 e. The summed E-state index contributed by atoms with van der Waals surface area (Å²) in [7, 11) is 0. The molecule has 0 aliphatic heterocycles. The second-order valence-electron chi connectivity index (χ2n) is 27.1. The first-order chi connectivity index (χ1) is 50.7. The number of nitrogens with zero attached hydrogens (tertiary/aromatic N) is 6. The average molecular weight is 1300 g/mol. The highest BCUT2D eigenvalue weighted by atomic mass is 15.2. The van der Waals surface area contributed by atoms with Gasteiger partial charge < -0.3 is 27.7 Å². The number of rotatable bonds is 11. The van der Waals surface area contributed by atoms with Gasteiger partial charge in [-0.3, -0.25) is 0 Å². The third-order valence-electron chi connectivity index (χ3n) is 21.8. The van der Waals surface area contributed by atoms with Gasteiger partial charge in [0.1, 0.15) is 0 Å². The minimum Gasteiger partial charge on any atom is -0.310 e. The fraction of sp³-hybridized carbons (Fsp3) is 0. The summed E-state index contributed by atoms with van der Waals surface area (Å²) in [6.45, 7) is 0. The van der Waals surface area contributed by atoms with E-state index < -0.39 is 0 Å². The topological polar surface area (TPSA) is 25.2 Å². The van der Waals surface area contributed by atoms with Crippen molar-refractivity contribution in [1.82, 2.24) is 17.9 Å². The highest BCUT2D eigenvalue weighted by Gasteiger charge is 2.29. The molecule has 0 bridgehead atoms. The molecule has 6 nitrogen and oxygen atoms in total. The number of hydrogen-bond acceptors (Lipinski definition) is 2. The second-order valence-corrected chi connectivity index (χ2v) is 27.1. The molecule has 0 aliphatic rings. The van der Waals surface area contributed by atoms with Crippen molar-refractivity contribution in [2.24, 2.45) is 0 Å². The second kappa shape index (κ2) is 21.9. The van der Waals surface area contributed by atoms with E-state index in [0.717, 1.165) is 73.2 Å². The molecule has 0 fully saturated rings. The van der Waals surface area contributed by atoms with Crippen molar-refractivity contribution < 1.29 is 0 Å². The van der Waals surface area contributed by atoms with Crippen LogP contribution in [0.2, 0.25) is 0 Å². The molecule has 0 aliphatic carbocycles. The van der Waals surface area contributed by atoms with E-state index in [4.69, 9.17) is 0 Å². The summed E-state index contributed by atoms with van der Waals surface area (Å²) in [4.78, 5) is 5.03. The van der Waals surface area contributed by atoms with Gasteiger partial charge in [0.05, 0.1) is 72.2 Å². The molecule has 16 aromatic carbocycles. The molecular weight excluding hydrogens is 1240 g/mol. The fourth-order valence-corrected chi connectivity index (χ4v) is 17.5. The molecule has 0 radical (unpaired) electrons. The zero-order valence-electron chi connectivity index (χ0n) is 55.3. The molecule has 0 atom stereocenters. The molecule has 22 rings (SSSR count). The van der Waals surface area contributed by atoms with Crippen LogP contribution < -0.4 is 9.80 Å². The van der Waals surface area contributed by atoms with Gasteiger partial charge in [-0.2, -0.15) is 0 Å². The minimum atomic E-state index is 1.07. The van der Waals surface area contributed by atoms with Gasteiger partial charge in [-0.05, 0) is 149 Å². The number of hydrogen-bond donors (Lipinski definition) is 0. The number of fused-ring (bicyclic) bond motifs is 18. The normalized spacial score (nSPS) is 12.1. The first-order valence-corrected chi connectivity index (χ1v) is 35.2. The van der Waals surface area contributed by atoms with Crippen molar-refractivity contribution in [2.75, 3.05) is 9.80 Å². The molecule has 102 heavy (non-hydrogen) atoms. The van der Waals surface area contributed by atoms with Crippen molar-refractivity contribution >= 4 is 154 Å². The molecule has 0 N–H and O–H groups in total. The van der Waals surface area contributed by atoms with E-state index >= 15 is 0 Å². The average Bonchev–Trinajstić information content (AvgIpc) is 1.53. The Hall–Kier alpha value is -13.7. The van der Waals surface area contributed by atoms with Crippen molar-refractivity contribution in [3.05, 3.63) is 364 Å². The van der Waals surface area contributed by atoms with E-state index in [1.807, 2.05) is 0 Å². The monoisotopic (exact) mass is 1300 g/mol. The Balaban J connectivity index is 0.712. The SMILES string of the molecule is c1ccc(-c2ccc(N(c3ccc4c(c3)c3ccccc3n4-c3ccccc3)c3ccc(-c4ccc(-c5ccc(N(c6cccc7c6c6ccccc6n7-c6ccccc6)c6cccc7c6c6cccc8c9ccccc9n7c86)cc5)cc4)c4c3c3cccc5c6ccccc6n4c53)cc2)cc1. The van der Waals surface area contributed by atoms with Gasteiger partial charge in [-0.15, -0.1) is 0 Å². The van der Waals surface area contributed by atoms with Crippen LogP contribution in [0.15, 0.2) is 364 Å². The summed E-state index contributed by atoms with van der Waals surface area (Å²) in [5.74, 6) is 0. The van der Waals surface area contributed by atoms with E-state index in [0.29, 0.717) is 0 Å². The molecular formula is C96H60N6. The van der Waals surface area contributed by atoms with Gasteiger partial charge in [0.2, 0.25) is 0 Å². The van der Waals surface area contributed by atoms with Crippen LogP contribution in [0, 0.1) is 0 Å². The van der Waals surface area contributed by atoms with Gasteiger partial charge in [0.25, 0.3) is 0 Å². The molecule has 0 saturated heterocycles. The maximum absolute atomic E-state index is 2.56. The summed E-state index contributed by atoms with van der Waals surface area (Å²) >= 11 is 0. The highest BCUT2D eigenvalue weighted by Crippen LogP contribution is 2.53. The summed E-state index contributed by atoms with van der Waals surface area (Å²) in [6.07, 6.45) is 0.